The van der Waals surface area contributed by atoms with E-state index in [1.165, 1.54) is 16.5 Å². The van der Waals surface area contributed by atoms with E-state index in [1.807, 2.05) is 24.0 Å². The fourth-order valence-corrected chi connectivity index (χ4v) is 3.82. The lowest BCUT2D eigenvalue weighted by atomic mass is 9.73. The molecule has 0 atom stereocenters. The molecule has 0 saturated carbocycles. The molecule has 0 radical (unpaired) electrons. The molecule has 0 saturated heterocycles. The summed E-state index contributed by atoms with van der Waals surface area (Å²) in [5.41, 5.74) is 8.09. The Labute approximate surface area is 142 Å². The number of aromatic nitrogens is 4. The van der Waals surface area contributed by atoms with Crippen LogP contribution >= 0.6 is 12.4 Å². The molecule has 0 N–H and O–H groups in total. The molecule has 5 heteroatoms. The van der Waals surface area contributed by atoms with Crippen molar-refractivity contribution < 1.29 is 0 Å². The molecule has 0 fully saturated rings. The fraction of sp³-hybridized carbons (Fsp3) is 0.389. The van der Waals surface area contributed by atoms with Crippen molar-refractivity contribution in [2.24, 2.45) is 7.05 Å². The summed E-state index contributed by atoms with van der Waals surface area (Å²) in [5, 5.41) is 5.75. The summed E-state index contributed by atoms with van der Waals surface area (Å²) >= 11 is 0. The van der Waals surface area contributed by atoms with Crippen LogP contribution in [-0.2, 0) is 18.9 Å². The molecule has 23 heavy (non-hydrogen) atoms. The van der Waals surface area contributed by atoms with Gasteiger partial charge in [-0.05, 0) is 43.5 Å². The third-order valence-electron chi connectivity index (χ3n) is 4.85. The maximum absolute atomic E-state index is 4.96. The zero-order valence-corrected chi connectivity index (χ0v) is 15.0. The summed E-state index contributed by atoms with van der Waals surface area (Å²) in [7, 11) is 1.96. The van der Waals surface area contributed by atoms with Crippen LogP contribution in [0.4, 0.5) is 0 Å². The average Bonchev–Trinajstić information content (AvgIpc) is 2.76. The lowest BCUT2D eigenvalue weighted by Gasteiger charge is -2.33. The van der Waals surface area contributed by atoms with Gasteiger partial charge in [0.15, 0.2) is 5.65 Å². The Hall–Kier alpha value is -1.94. The van der Waals surface area contributed by atoms with Crippen molar-refractivity contribution in [3.63, 3.8) is 0 Å². The highest BCUT2D eigenvalue weighted by atomic mass is 35.5. The van der Waals surface area contributed by atoms with Crippen LogP contribution in [0.3, 0.4) is 0 Å². The van der Waals surface area contributed by atoms with Gasteiger partial charge in [-0.3, -0.25) is 9.67 Å². The van der Waals surface area contributed by atoms with Gasteiger partial charge in [0.2, 0.25) is 0 Å². The lowest BCUT2D eigenvalue weighted by Crippen LogP contribution is -2.28. The Morgan fingerprint density at radius 3 is 2.70 bits per heavy atom. The van der Waals surface area contributed by atoms with E-state index < -0.39 is 0 Å². The van der Waals surface area contributed by atoms with E-state index in [1.54, 1.807) is 0 Å². The van der Waals surface area contributed by atoms with Crippen LogP contribution in [0.2, 0.25) is 0 Å². The second-order valence-corrected chi connectivity index (χ2v) is 6.93. The first-order valence-electron chi connectivity index (χ1n) is 7.69. The topological polar surface area (TPSA) is 43.6 Å². The maximum atomic E-state index is 4.96. The normalized spacial score (nSPS) is 15.0. The van der Waals surface area contributed by atoms with Crippen LogP contribution in [0.1, 0.15) is 36.4 Å². The van der Waals surface area contributed by atoms with Crippen LogP contribution in [0.25, 0.3) is 22.3 Å². The molecule has 0 spiro atoms. The maximum Gasteiger partial charge on any atom is 0.158 e. The first-order chi connectivity index (χ1) is 10.4. The molecule has 0 bridgehead atoms. The molecular weight excluding hydrogens is 308 g/mol. The van der Waals surface area contributed by atoms with Gasteiger partial charge in [0.25, 0.3) is 0 Å². The van der Waals surface area contributed by atoms with Crippen LogP contribution in [-0.4, -0.2) is 19.7 Å². The van der Waals surface area contributed by atoms with Crippen LogP contribution in [0, 0.1) is 13.8 Å². The van der Waals surface area contributed by atoms with Crippen molar-refractivity contribution in [3.05, 3.63) is 40.8 Å². The SMILES string of the molecule is Cc1nn(C)c2nc3c(c(C)c12)CC(C)(C)c1ncccc1-3.Cl. The monoisotopic (exact) mass is 328 g/mol. The number of aryl methyl sites for hydroxylation is 3. The highest BCUT2D eigenvalue weighted by Crippen LogP contribution is 2.43. The van der Waals surface area contributed by atoms with Crippen molar-refractivity contribution >= 4 is 23.4 Å². The Balaban J connectivity index is 0.00000156. The lowest BCUT2D eigenvalue weighted by molar-refractivity contribution is 0.498. The molecule has 0 unspecified atom stereocenters. The van der Waals surface area contributed by atoms with E-state index in [4.69, 9.17) is 4.98 Å². The average molecular weight is 329 g/mol. The summed E-state index contributed by atoms with van der Waals surface area (Å²) < 4.78 is 1.88. The van der Waals surface area contributed by atoms with Crippen LogP contribution < -0.4 is 0 Å². The second-order valence-electron chi connectivity index (χ2n) is 6.93. The highest BCUT2D eigenvalue weighted by molar-refractivity contribution is 5.88. The molecule has 0 aliphatic heterocycles. The predicted octanol–water partition coefficient (Wildman–Crippen LogP) is 3.90. The molecular formula is C18H21ClN4. The van der Waals surface area contributed by atoms with Gasteiger partial charge in [-0.2, -0.15) is 5.10 Å². The van der Waals surface area contributed by atoms with E-state index >= 15 is 0 Å². The number of rotatable bonds is 0. The number of halogens is 1. The minimum Gasteiger partial charge on any atom is -0.260 e. The van der Waals surface area contributed by atoms with E-state index in [0.717, 1.165) is 34.7 Å². The van der Waals surface area contributed by atoms with Crippen molar-refractivity contribution in [2.75, 3.05) is 0 Å². The number of hydrogen-bond donors (Lipinski definition) is 0. The zero-order chi connectivity index (χ0) is 15.6. The molecule has 4 nitrogen and oxygen atoms in total. The van der Waals surface area contributed by atoms with Gasteiger partial charge < -0.3 is 0 Å². The van der Waals surface area contributed by atoms with Crippen LogP contribution in [0.5, 0.6) is 0 Å². The number of hydrogen-bond acceptors (Lipinski definition) is 3. The smallest absolute Gasteiger partial charge is 0.158 e. The van der Waals surface area contributed by atoms with E-state index in [0.29, 0.717) is 0 Å². The summed E-state index contributed by atoms with van der Waals surface area (Å²) in [6.07, 6.45) is 2.85. The Kier molecular flexibility index (Phi) is 3.49. The molecule has 3 aromatic rings. The van der Waals surface area contributed by atoms with Gasteiger partial charge in [-0.25, -0.2) is 4.98 Å². The molecule has 0 amide bonds. The first kappa shape index (κ1) is 15.9. The zero-order valence-electron chi connectivity index (χ0n) is 14.1. The van der Waals surface area contributed by atoms with Gasteiger partial charge in [0, 0.05) is 29.6 Å². The van der Waals surface area contributed by atoms with Gasteiger partial charge in [-0.1, -0.05) is 13.8 Å². The molecule has 4 rings (SSSR count). The summed E-state index contributed by atoms with van der Waals surface area (Å²) in [6, 6.07) is 4.14. The quantitative estimate of drug-likeness (QED) is 0.628. The fourth-order valence-electron chi connectivity index (χ4n) is 3.82. The highest BCUT2D eigenvalue weighted by Gasteiger charge is 2.34. The third kappa shape index (κ3) is 2.08. The van der Waals surface area contributed by atoms with Crippen molar-refractivity contribution in [3.8, 4) is 11.3 Å². The number of nitrogens with zero attached hydrogens (tertiary/aromatic N) is 4. The van der Waals surface area contributed by atoms with Gasteiger partial charge in [-0.15, -0.1) is 12.4 Å². The van der Waals surface area contributed by atoms with E-state index in [9.17, 15) is 0 Å². The third-order valence-corrected chi connectivity index (χ3v) is 4.85. The molecule has 1 aliphatic rings. The summed E-state index contributed by atoms with van der Waals surface area (Å²) in [4.78, 5) is 9.61. The minimum absolute atomic E-state index is 0. The first-order valence-corrected chi connectivity index (χ1v) is 7.69. The van der Waals surface area contributed by atoms with Crippen molar-refractivity contribution in [2.45, 2.75) is 39.5 Å². The minimum atomic E-state index is 0. The Bertz CT molecular complexity index is 924. The van der Waals surface area contributed by atoms with E-state index in [2.05, 4.69) is 43.8 Å². The van der Waals surface area contributed by atoms with Crippen molar-refractivity contribution in [1.82, 2.24) is 19.7 Å². The van der Waals surface area contributed by atoms with E-state index in [-0.39, 0.29) is 17.8 Å². The van der Waals surface area contributed by atoms with Gasteiger partial charge in [0.1, 0.15) is 0 Å². The molecule has 120 valence electrons. The Morgan fingerprint density at radius 2 is 1.96 bits per heavy atom. The van der Waals surface area contributed by atoms with Crippen molar-refractivity contribution in [1.29, 1.82) is 0 Å². The number of fused-ring (bicyclic) bond motifs is 4. The molecule has 1 aliphatic carbocycles. The largest absolute Gasteiger partial charge is 0.260 e. The number of pyridine rings is 2. The molecule has 3 heterocycles. The van der Waals surface area contributed by atoms with Gasteiger partial charge in [0.05, 0.1) is 17.1 Å². The predicted molar refractivity (Wildman–Crippen MR) is 95.2 cm³/mol. The Morgan fingerprint density at radius 1 is 1.22 bits per heavy atom. The molecule has 3 aromatic heterocycles. The second kappa shape index (κ2) is 5.03. The summed E-state index contributed by atoms with van der Waals surface area (Å²) in [6.45, 7) is 8.80. The molecule has 0 aromatic carbocycles. The summed E-state index contributed by atoms with van der Waals surface area (Å²) in [5.74, 6) is 0. The van der Waals surface area contributed by atoms with Gasteiger partial charge >= 0.3 is 0 Å². The standard InChI is InChI=1S/C18H20N4.ClH/c1-10-13-9-18(3,4)16-12(7-6-8-19-16)15(13)20-17-14(10)11(2)21-22(17)5;/h6-8H,9H2,1-5H3;1H. The van der Waals surface area contributed by atoms with Crippen LogP contribution in [0.15, 0.2) is 18.3 Å².